The van der Waals surface area contributed by atoms with Gasteiger partial charge in [-0.1, -0.05) is 35.9 Å². The van der Waals surface area contributed by atoms with E-state index in [0.29, 0.717) is 27.5 Å². The van der Waals surface area contributed by atoms with Gasteiger partial charge in [0.15, 0.2) is 0 Å². The highest BCUT2D eigenvalue weighted by Crippen LogP contribution is 2.18. The average Bonchev–Trinajstić information content (AvgIpc) is 2.80. The van der Waals surface area contributed by atoms with Gasteiger partial charge in [0.25, 0.3) is 11.8 Å². The molecule has 8 nitrogen and oxygen atoms in total. The van der Waals surface area contributed by atoms with E-state index in [9.17, 15) is 22.4 Å². The number of anilines is 2. The van der Waals surface area contributed by atoms with Crippen molar-refractivity contribution in [1.29, 1.82) is 0 Å². The van der Waals surface area contributed by atoms with Crippen LogP contribution in [0.3, 0.4) is 0 Å². The van der Waals surface area contributed by atoms with Crippen LogP contribution in [0.2, 0.25) is 5.02 Å². The van der Waals surface area contributed by atoms with Crippen molar-refractivity contribution in [3.05, 3.63) is 94.8 Å². The van der Waals surface area contributed by atoms with Gasteiger partial charge in [-0.25, -0.2) is 18.2 Å². The number of hydrogen-bond donors (Lipinski definition) is 2. The average molecular weight is 517 g/mol. The van der Waals surface area contributed by atoms with Crippen molar-refractivity contribution in [3.63, 3.8) is 0 Å². The van der Waals surface area contributed by atoms with Gasteiger partial charge >= 0.3 is 0 Å². The molecule has 0 radical (unpaired) electrons. The van der Waals surface area contributed by atoms with Crippen molar-refractivity contribution >= 4 is 50.5 Å². The molecular formula is C24H22ClFN4O4S. The van der Waals surface area contributed by atoms with E-state index in [4.69, 9.17) is 11.6 Å². The zero-order valence-electron chi connectivity index (χ0n) is 18.8. The summed E-state index contributed by atoms with van der Waals surface area (Å²) in [5.41, 5.74) is 4.25. The van der Waals surface area contributed by atoms with Crippen LogP contribution < -0.4 is 15.0 Å². The number of halogens is 2. The molecule has 0 atom stereocenters. The highest BCUT2D eigenvalue weighted by atomic mass is 35.5. The third kappa shape index (κ3) is 7.36. The van der Waals surface area contributed by atoms with E-state index >= 15 is 0 Å². The molecule has 35 heavy (non-hydrogen) atoms. The lowest BCUT2D eigenvalue weighted by molar-refractivity contribution is -0.119. The Kier molecular flexibility index (Phi) is 8.21. The Hall–Kier alpha value is -3.76. The lowest BCUT2D eigenvalue weighted by atomic mass is 10.1. The minimum absolute atomic E-state index is 0.0199. The van der Waals surface area contributed by atoms with E-state index in [1.165, 1.54) is 18.2 Å². The molecule has 2 N–H and O–H groups in total. The highest BCUT2D eigenvalue weighted by molar-refractivity contribution is 7.92. The monoisotopic (exact) mass is 516 g/mol. The number of hydrogen-bond acceptors (Lipinski definition) is 5. The third-order valence-electron chi connectivity index (χ3n) is 4.76. The van der Waals surface area contributed by atoms with E-state index in [2.05, 4.69) is 15.8 Å². The molecule has 0 saturated carbocycles. The number of nitrogens with zero attached hydrogens (tertiary/aromatic N) is 2. The van der Waals surface area contributed by atoms with Crippen molar-refractivity contribution in [1.82, 2.24) is 5.43 Å². The normalized spacial score (nSPS) is 11.6. The van der Waals surface area contributed by atoms with Gasteiger partial charge in [0.05, 0.1) is 17.7 Å². The first-order valence-electron chi connectivity index (χ1n) is 10.3. The Morgan fingerprint density at radius 3 is 2.37 bits per heavy atom. The van der Waals surface area contributed by atoms with Gasteiger partial charge in [-0.15, -0.1) is 0 Å². The second-order valence-corrected chi connectivity index (χ2v) is 9.87. The second-order valence-electron chi connectivity index (χ2n) is 7.53. The van der Waals surface area contributed by atoms with Crippen LogP contribution in [0, 0.1) is 5.82 Å². The summed E-state index contributed by atoms with van der Waals surface area (Å²) >= 11 is 5.93. The molecule has 3 rings (SSSR count). The van der Waals surface area contributed by atoms with Crippen LogP contribution in [0.5, 0.6) is 0 Å². The molecular weight excluding hydrogens is 495 g/mol. The molecule has 3 aromatic carbocycles. The molecule has 0 saturated heterocycles. The molecule has 0 aromatic heterocycles. The van der Waals surface area contributed by atoms with Gasteiger partial charge in [-0.2, -0.15) is 5.10 Å². The number of rotatable bonds is 8. The summed E-state index contributed by atoms with van der Waals surface area (Å²) in [6, 6.07) is 18.3. The zero-order chi connectivity index (χ0) is 25.6. The maximum atomic E-state index is 13.5. The maximum absolute atomic E-state index is 13.5. The lowest BCUT2D eigenvalue weighted by Gasteiger charge is -2.21. The first-order chi connectivity index (χ1) is 16.5. The van der Waals surface area contributed by atoms with Gasteiger partial charge in [-0.05, 0) is 61.0 Å². The van der Waals surface area contributed by atoms with E-state index in [1.807, 2.05) is 0 Å². The predicted molar refractivity (Wildman–Crippen MR) is 135 cm³/mol. The predicted octanol–water partition coefficient (Wildman–Crippen LogP) is 4.04. The van der Waals surface area contributed by atoms with Crippen LogP contribution in [-0.4, -0.2) is 38.7 Å². The number of hydrazone groups is 1. The molecule has 0 aliphatic rings. The van der Waals surface area contributed by atoms with Gasteiger partial charge in [0, 0.05) is 16.3 Å². The molecule has 3 aromatic rings. The van der Waals surface area contributed by atoms with E-state index in [1.54, 1.807) is 55.5 Å². The van der Waals surface area contributed by atoms with E-state index < -0.39 is 28.3 Å². The zero-order valence-corrected chi connectivity index (χ0v) is 20.4. The fourth-order valence-corrected chi connectivity index (χ4v) is 4.10. The van der Waals surface area contributed by atoms with Crippen molar-refractivity contribution in [3.8, 4) is 0 Å². The van der Waals surface area contributed by atoms with Crippen LogP contribution in [-0.2, 0) is 14.8 Å². The summed E-state index contributed by atoms with van der Waals surface area (Å²) in [6.45, 7) is 1.05. The molecule has 182 valence electrons. The number of carbonyl (C=O) groups excluding carboxylic acids is 2. The summed E-state index contributed by atoms with van der Waals surface area (Å²) in [5.74, 6) is -1.69. The number of benzene rings is 3. The summed E-state index contributed by atoms with van der Waals surface area (Å²) < 4.78 is 38.6. The minimum Gasteiger partial charge on any atom is -0.322 e. The van der Waals surface area contributed by atoms with E-state index in [0.717, 1.165) is 16.6 Å². The summed E-state index contributed by atoms with van der Waals surface area (Å²) in [4.78, 5) is 24.9. The van der Waals surface area contributed by atoms with Crippen molar-refractivity contribution in [2.75, 3.05) is 22.4 Å². The first kappa shape index (κ1) is 25.9. The first-order valence-corrected chi connectivity index (χ1v) is 12.5. The van der Waals surface area contributed by atoms with Crippen molar-refractivity contribution < 1.29 is 22.4 Å². The molecule has 0 unspecified atom stereocenters. The lowest BCUT2D eigenvalue weighted by Crippen LogP contribution is -2.39. The fraction of sp³-hybridized carbons (Fsp3) is 0.125. The molecule has 11 heteroatoms. The smallest absolute Gasteiger partial charge is 0.260 e. The van der Waals surface area contributed by atoms with Crippen molar-refractivity contribution in [2.45, 2.75) is 6.92 Å². The number of sulfonamides is 1. The second kappa shape index (κ2) is 11.1. The van der Waals surface area contributed by atoms with E-state index in [-0.39, 0.29) is 11.6 Å². The Bertz CT molecular complexity index is 1400. The summed E-state index contributed by atoms with van der Waals surface area (Å²) in [5, 5.41) is 7.23. The SMILES string of the molecule is C/C(=N/NC(=O)CN(c1cccc(F)c1)S(C)(=O)=O)c1cccc(NC(=O)c2cccc(Cl)c2)c1. The summed E-state index contributed by atoms with van der Waals surface area (Å²) in [6.07, 6.45) is 0.920. The Balaban J connectivity index is 1.69. The molecule has 0 bridgehead atoms. The molecule has 0 fully saturated rings. The maximum Gasteiger partial charge on any atom is 0.260 e. The van der Waals surface area contributed by atoms with Crippen LogP contribution in [0.25, 0.3) is 0 Å². The number of nitrogens with one attached hydrogen (secondary N) is 2. The third-order valence-corrected chi connectivity index (χ3v) is 6.13. The van der Waals surface area contributed by atoms with Gasteiger partial charge in [0.2, 0.25) is 10.0 Å². The molecule has 2 amide bonds. The van der Waals surface area contributed by atoms with Crippen LogP contribution >= 0.6 is 11.6 Å². The highest BCUT2D eigenvalue weighted by Gasteiger charge is 2.21. The van der Waals surface area contributed by atoms with Crippen LogP contribution in [0.1, 0.15) is 22.8 Å². The van der Waals surface area contributed by atoms with Crippen LogP contribution in [0.4, 0.5) is 15.8 Å². The minimum atomic E-state index is -3.85. The van der Waals surface area contributed by atoms with Crippen molar-refractivity contribution in [2.24, 2.45) is 5.10 Å². The largest absolute Gasteiger partial charge is 0.322 e. The Labute approximate surface area is 207 Å². The summed E-state index contributed by atoms with van der Waals surface area (Å²) in [7, 11) is -3.85. The van der Waals surface area contributed by atoms with Crippen LogP contribution in [0.15, 0.2) is 77.9 Å². The topological polar surface area (TPSA) is 108 Å². The fourth-order valence-electron chi connectivity index (χ4n) is 3.06. The molecule has 0 aliphatic heterocycles. The molecule has 0 spiro atoms. The molecule has 0 aliphatic carbocycles. The number of carbonyl (C=O) groups is 2. The molecule has 0 heterocycles. The van der Waals surface area contributed by atoms with Gasteiger partial charge < -0.3 is 5.32 Å². The quantitative estimate of drug-likeness (QED) is 0.348. The Morgan fingerprint density at radius 2 is 1.69 bits per heavy atom. The number of amides is 2. The standard InChI is InChI=1S/C24H22ClFN4O4S/c1-16(17-6-4-10-21(13-17)27-24(32)18-7-3-8-19(25)12-18)28-29-23(31)15-30(35(2,33)34)22-11-5-9-20(26)14-22/h3-14H,15H2,1-2H3,(H,27,32)(H,29,31)/b28-16-. The van der Waals surface area contributed by atoms with Gasteiger partial charge in [-0.3, -0.25) is 13.9 Å². The van der Waals surface area contributed by atoms with Gasteiger partial charge in [0.1, 0.15) is 12.4 Å². The Morgan fingerprint density at radius 1 is 1.00 bits per heavy atom.